The summed E-state index contributed by atoms with van der Waals surface area (Å²) in [6.07, 6.45) is 3.17. The minimum Gasteiger partial charge on any atom is -0.508 e. The highest BCUT2D eigenvalue weighted by molar-refractivity contribution is 7.92. The molecule has 32 heavy (non-hydrogen) atoms. The van der Waals surface area contributed by atoms with Crippen molar-refractivity contribution >= 4 is 33.1 Å². The predicted octanol–water partition coefficient (Wildman–Crippen LogP) is 3.86. The maximum atomic E-state index is 12.5. The molecule has 2 heterocycles. The van der Waals surface area contributed by atoms with E-state index in [2.05, 4.69) is 4.98 Å². The second-order valence-electron chi connectivity index (χ2n) is 8.26. The molecule has 3 N–H and O–H groups in total. The van der Waals surface area contributed by atoms with Crippen LogP contribution in [0.15, 0.2) is 53.7 Å². The molecular weight excluding hydrogens is 450 g/mol. The summed E-state index contributed by atoms with van der Waals surface area (Å²) in [4.78, 5) is 4.41. The third-order valence-corrected chi connectivity index (χ3v) is 8.04. The average Bonchev–Trinajstić information content (AvgIpc) is 3.03. The number of aliphatic hydroxyl groups is 2. The minimum atomic E-state index is -3.53. The summed E-state index contributed by atoms with van der Waals surface area (Å²) in [6.45, 7) is 3.24. The van der Waals surface area contributed by atoms with Crippen molar-refractivity contribution in [1.82, 2.24) is 4.98 Å². The van der Waals surface area contributed by atoms with Gasteiger partial charge in [0.05, 0.1) is 29.2 Å². The number of aliphatic hydroxyl groups excluding tert-OH is 2. The average molecular weight is 478 g/mol. The van der Waals surface area contributed by atoms with Crippen molar-refractivity contribution in [3.63, 3.8) is 0 Å². The second kappa shape index (κ2) is 10.2. The summed E-state index contributed by atoms with van der Waals surface area (Å²) in [7, 11) is -3.53. The number of phenolic OH excluding ortho intramolecular Hbond substituents is 1. The van der Waals surface area contributed by atoms with E-state index in [0.717, 1.165) is 5.57 Å². The van der Waals surface area contributed by atoms with E-state index in [1.54, 1.807) is 18.3 Å². The summed E-state index contributed by atoms with van der Waals surface area (Å²) in [5.41, 5.74) is 3.32. The Morgan fingerprint density at radius 2 is 2.03 bits per heavy atom. The van der Waals surface area contributed by atoms with E-state index in [0.29, 0.717) is 33.8 Å². The number of phenols is 1. The molecule has 0 spiro atoms. The fourth-order valence-corrected chi connectivity index (χ4v) is 6.32. The number of pyridine rings is 1. The van der Waals surface area contributed by atoms with E-state index in [1.165, 1.54) is 12.1 Å². The Hall–Kier alpha value is -2.19. The Labute approximate surface area is 193 Å². The Kier molecular flexibility index (Phi) is 7.77. The standard InChI is InChI=1S/C24H28ClNO5S/c1-15(2)19-14-32(30,31)23(13-27)24(19)22(29)9-7-17(21-5-3-4-10-26-21)11-16-6-8-18(28)12-20(16)25/h3-6,8,10-12,15,22-23,27-29H,7,9,13-14H2,1-2H3/b17-11-/t22-,23+/m1/s1. The van der Waals surface area contributed by atoms with Gasteiger partial charge in [-0.05, 0) is 77.5 Å². The van der Waals surface area contributed by atoms with Crippen molar-refractivity contribution in [3.05, 3.63) is 70.0 Å². The van der Waals surface area contributed by atoms with Crippen LogP contribution in [0.2, 0.25) is 5.02 Å². The van der Waals surface area contributed by atoms with E-state index in [1.807, 2.05) is 32.1 Å². The summed E-state index contributed by atoms with van der Waals surface area (Å²) in [5.74, 6) is -0.117. The minimum absolute atomic E-state index is 0.0485. The zero-order chi connectivity index (χ0) is 23.5. The van der Waals surface area contributed by atoms with Gasteiger partial charge >= 0.3 is 0 Å². The van der Waals surface area contributed by atoms with Gasteiger partial charge in [0.1, 0.15) is 11.0 Å². The number of aromatic hydroxyl groups is 1. The molecule has 6 nitrogen and oxygen atoms in total. The van der Waals surface area contributed by atoms with Crippen molar-refractivity contribution in [3.8, 4) is 5.75 Å². The van der Waals surface area contributed by atoms with Crippen molar-refractivity contribution in [2.45, 2.75) is 38.0 Å². The van der Waals surface area contributed by atoms with Crippen molar-refractivity contribution in [2.24, 2.45) is 5.92 Å². The number of rotatable bonds is 8. The number of benzene rings is 1. The number of allylic oxidation sites excluding steroid dienone is 1. The van der Waals surface area contributed by atoms with E-state index in [-0.39, 0.29) is 23.8 Å². The van der Waals surface area contributed by atoms with Crippen LogP contribution in [0.5, 0.6) is 5.75 Å². The molecule has 0 amide bonds. The first kappa shape index (κ1) is 24.5. The maximum absolute atomic E-state index is 12.5. The van der Waals surface area contributed by atoms with Crippen LogP contribution in [-0.2, 0) is 9.84 Å². The van der Waals surface area contributed by atoms with Gasteiger partial charge in [0.15, 0.2) is 9.84 Å². The van der Waals surface area contributed by atoms with Crippen molar-refractivity contribution < 1.29 is 23.7 Å². The molecule has 0 radical (unpaired) electrons. The lowest BCUT2D eigenvalue weighted by Crippen LogP contribution is -2.29. The highest BCUT2D eigenvalue weighted by atomic mass is 35.5. The topological polar surface area (TPSA) is 108 Å². The quantitative estimate of drug-likeness (QED) is 0.498. The Morgan fingerprint density at radius 1 is 1.28 bits per heavy atom. The van der Waals surface area contributed by atoms with Crippen LogP contribution in [0.4, 0.5) is 0 Å². The van der Waals surface area contributed by atoms with E-state index < -0.39 is 27.8 Å². The maximum Gasteiger partial charge on any atom is 0.163 e. The molecule has 0 aliphatic carbocycles. The van der Waals surface area contributed by atoms with Crippen LogP contribution in [0.1, 0.15) is 37.9 Å². The van der Waals surface area contributed by atoms with Gasteiger partial charge in [0.2, 0.25) is 0 Å². The van der Waals surface area contributed by atoms with Gasteiger partial charge in [-0.15, -0.1) is 0 Å². The first-order chi connectivity index (χ1) is 15.1. The number of hydrogen-bond acceptors (Lipinski definition) is 6. The van der Waals surface area contributed by atoms with Crippen LogP contribution in [-0.4, -0.2) is 52.4 Å². The lowest BCUT2D eigenvalue weighted by atomic mass is 9.90. The largest absolute Gasteiger partial charge is 0.508 e. The van der Waals surface area contributed by atoms with Gasteiger partial charge in [-0.3, -0.25) is 4.98 Å². The molecule has 1 aliphatic heterocycles. The third kappa shape index (κ3) is 5.41. The van der Waals surface area contributed by atoms with Crippen LogP contribution < -0.4 is 0 Å². The smallest absolute Gasteiger partial charge is 0.163 e. The number of nitrogens with zero attached hydrogens (tertiary/aromatic N) is 1. The van der Waals surface area contributed by atoms with Crippen LogP contribution in [0.25, 0.3) is 11.6 Å². The molecule has 0 saturated heterocycles. The number of sulfone groups is 1. The lowest BCUT2D eigenvalue weighted by molar-refractivity contribution is 0.189. The molecule has 0 saturated carbocycles. The molecule has 1 aliphatic rings. The highest BCUT2D eigenvalue weighted by Crippen LogP contribution is 2.36. The number of aromatic nitrogens is 1. The van der Waals surface area contributed by atoms with Gasteiger partial charge in [0.25, 0.3) is 0 Å². The first-order valence-electron chi connectivity index (χ1n) is 10.5. The third-order valence-electron chi connectivity index (χ3n) is 5.72. The van der Waals surface area contributed by atoms with E-state index in [4.69, 9.17) is 11.6 Å². The highest BCUT2D eigenvalue weighted by Gasteiger charge is 2.41. The van der Waals surface area contributed by atoms with Gasteiger partial charge in [-0.25, -0.2) is 8.42 Å². The van der Waals surface area contributed by atoms with E-state index in [9.17, 15) is 23.7 Å². The molecule has 0 unspecified atom stereocenters. The fraction of sp³-hybridized carbons (Fsp3) is 0.375. The van der Waals surface area contributed by atoms with Crippen molar-refractivity contribution in [2.75, 3.05) is 12.4 Å². The number of hydrogen-bond donors (Lipinski definition) is 3. The van der Waals surface area contributed by atoms with Gasteiger partial charge in [0, 0.05) is 6.20 Å². The van der Waals surface area contributed by atoms with E-state index >= 15 is 0 Å². The molecule has 1 aromatic heterocycles. The lowest BCUT2D eigenvalue weighted by Gasteiger charge is -2.20. The van der Waals surface area contributed by atoms with Gasteiger partial charge in [-0.1, -0.05) is 31.5 Å². The molecule has 172 valence electrons. The van der Waals surface area contributed by atoms with Gasteiger partial charge in [-0.2, -0.15) is 0 Å². The Morgan fingerprint density at radius 3 is 2.62 bits per heavy atom. The SMILES string of the molecule is CC(C)C1=C([C@H](O)CC/C(=C/c2ccc(O)cc2Cl)c2ccccn2)[C@H](CO)S(=O)(=O)C1. The van der Waals surface area contributed by atoms with Gasteiger partial charge < -0.3 is 15.3 Å². The fourth-order valence-electron chi connectivity index (χ4n) is 4.04. The summed E-state index contributed by atoms with van der Waals surface area (Å²) in [6, 6.07) is 10.2. The van der Waals surface area contributed by atoms with Crippen LogP contribution in [0, 0.1) is 5.92 Å². The zero-order valence-corrected chi connectivity index (χ0v) is 19.6. The molecular formula is C24H28ClNO5S. The molecule has 1 aromatic carbocycles. The Balaban J connectivity index is 1.92. The summed E-state index contributed by atoms with van der Waals surface area (Å²) >= 11 is 6.27. The second-order valence-corrected chi connectivity index (χ2v) is 10.8. The Bertz CT molecular complexity index is 1130. The molecule has 8 heteroatoms. The van der Waals surface area contributed by atoms with Crippen molar-refractivity contribution in [1.29, 1.82) is 0 Å². The summed E-state index contributed by atoms with van der Waals surface area (Å²) < 4.78 is 25.0. The normalized spacial score (nSPS) is 19.6. The zero-order valence-electron chi connectivity index (χ0n) is 18.1. The first-order valence-corrected chi connectivity index (χ1v) is 12.6. The van der Waals surface area contributed by atoms with Crippen LogP contribution in [0.3, 0.4) is 0 Å². The number of halogens is 1. The molecule has 2 atom stereocenters. The predicted molar refractivity (Wildman–Crippen MR) is 127 cm³/mol. The summed E-state index contributed by atoms with van der Waals surface area (Å²) in [5, 5.41) is 29.7. The monoisotopic (exact) mass is 477 g/mol. The molecule has 0 bridgehead atoms. The molecule has 2 aromatic rings. The van der Waals surface area contributed by atoms with Crippen LogP contribution >= 0.6 is 11.6 Å². The molecule has 3 rings (SSSR count). The molecule has 0 fully saturated rings.